The molecule has 2 aromatic carbocycles. The van der Waals surface area contributed by atoms with Crippen molar-refractivity contribution in [2.75, 3.05) is 5.32 Å². The first-order chi connectivity index (χ1) is 10.9. The van der Waals surface area contributed by atoms with Gasteiger partial charge in [-0.15, -0.1) is 0 Å². The summed E-state index contributed by atoms with van der Waals surface area (Å²) < 4.78 is 13.5. The van der Waals surface area contributed by atoms with Gasteiger partial charge in [-0.2, -0.15) is 0 Å². The number of nitrogens with zero attached hydrogens (tertiary/aromatic N) is 1. The summed E-state index contributed by atoms with van der Waals surface area (Å²) in [5, 5.41) is 3.39. The van der Waals surface area contributed by atoms with Gasteiger partial charge in [0.25, 0.3) is 5.91 Å². The Morgan fingerprint density at radius 2 is 1.78 bits per heavy atom. The number of benzene rings is 2. The molecule has 1 N–H and O–H groups in total. The largest absolute Gasteiger partial charge is 0.322 e. The first-order valence-electron chi connectivity index (χ1n) is 7.39. The van der Waals surface area contributed by atoms with Crippen LogP contribution in [0.1, 0.15) is 27.2 Å². The molecule has 3 rings (SSSR count). The molecule has 0 aliphatic rings. The van der Waals surface area contributed by atoms with Gasteiger partial charge in [0.2, 0.25) is 0 Å². The SMILES string of the molecule is Cc1cc(C(=O)Nc2ccc(C)c(C)c2)c2cc(F)ccc2n1. The van der Waals surface area contributed by atoms with E-state index in [1.54, 1.807) is 12.1 Å². The number of carbonyl (C=O) groups is 1. The van der Waals surface area contributed by atoms with E-state index in [0.717, 1.165) is 16.8 Å². The fourth-order valence-corrected chi connectivity index (χ4v) is 2.54. The molecule has 1 heterocycles. The minimum absolute atomic E-state index is 0.269. The number of fused-ring (bicyclic) bond motifs is 1. The van der Waals surface area contributed by atoms with Crippen LogP contribution in [0.2, 0.25) is 0 Å². The smallest absolute Gasteiger partial charge is 0.256 e. The maximum Gasteiger partial charge on any atom is 0.256 e. The first-order valence-corrected chi connectivity index (χ1v) is 7.39. The number of halogens is 1. The maximum absolute atomic E-state index is 13.5. The number of carbonyl (C=O) groups excluding carboxylic acids is 1. The Morgan fingerprint density at radius 1 is 1.00 bits per heavy atom. The molecule has 23 heavy (non-hydrogen) atoms. The molecule has 1 aromatic heterocycles. The van der Waals surface area contributed by atoms with Crippen LogP contribution in [0.15, 0.2) is 42.5 Å². The van der Waals surface area contributed by atoms with Crippen LogP contribution >= 0.6 is 0 Å². The minimum atomic E-state index is -0.386. The van der Waals surface area contributed by atoms with Crippen molar-refractivity contribution in [2.45, 2.75) is 20.8 Å². The zero-order valence-electron chi connectivity index (χ0n) is 13.3. The number of anilines is 1. The molecule has 0 aliphatic heterocycles. The molecule has 0 radical (unpaired) electrons. The Hall–Kier alpha value is -2.75. The van der Waals surface area contributed by atoms with Gasteiger partial charge in [-0.3, -0.25) is 9.78 Å². The molecule has 0 saturated heterocycles. The van der Waals surface area contributed by atoms with E-state index in [-0.39, 0.29) is 11.7 Å². The number of hydrogen-bond acceptors (Lipinski definition) is 2. The summed E-state index contributed by atoms with van der Waals surface area (Å²) in [4.78, 5) is 17.0. The minimum Gasteiger partial charge on any atom is -0.322 e. The summed E-state index contributed by atoms with van der Waals surface area (Å²) in [7, 11) is 0. The highest BCUT2D eigenvalue weighted by molar-refractivity contribution is 6.12. The van der Waals surface area contributed by atoms with E-state index in [4.69, 9.17) is 0 Å². The fraction of sp³-hybridized carbons (Fsp3) is 0.158. The van der Waals surface area contributed by atoms with Gasteiger partial charge in [-0.1, -0.05) is 6.07 Å². The van der Waals surface area contributed by atoms with Crippen molar-refractivity contribution in [3.8, 4) is 0 Å². The van der Waals surface area contributed by atoms with Crippen LogP contribution in [-0.4, -0.2) is 10.9 Å². The van der Waals surface area contributed by atoms with E-state index in [1.165, 1.54) is 12.1 Å². The van der Waals surface area contributed by atoms with Crippen molar-refractivity contribution in [2.24, 2.45) is 0 Å². The summed E-state index contributed by atoms with van der Waals surface area (Å²) in [6.45, 7) is 5.82. The molecular formula is C19H17FN2O. The number of aromatic nitrogens is 1. The van der Waals surface area contributed by atoms with Gasteiger partial charge in [0.1, 0.15) is 5.82 Å². The highest BCUT2D eigenvalue weighted by atomic mass is 19.1. The topological polar surface area (TPSA) is 42.0 Å². The number of hydrogen-bond donors (Lipinski definition) is 1. The number of nitrogens with one attached hydrogen (secondary N) is 1. The van der Waals surface area contributed by atoms with E-state index in [2.05, 4.69) is 10.3 Å². The Bertz CT molecular complexity index is 919. The molecule has 0 unspecified atom stereocenters. The van der Waals surface area contributed by atoms with Gasteiger partial charge in [0, 0.05) is 16.8 Å². The van der Waals surface area contributed by atoms with Crippen LogP contribution in [0.25, 0.3) is 10.9 Å². The second-order valence-electron chi connectivity index (χ2n) is 5.73. The second kappa shape index (κ2) is 5.80. The van der Waals surface area contributed by atoms with Crippen LogP contribution in [0.3, 0.4) is 0 Å². The van der Waals surface area contributed by atoms with Gasteiger partial charge in [0.15, 0.2) is 0 Å². The molecule has 3 aromatic rings. The summed E-state index contributed by atoms with van der Waals surface area (Å²) in [6, 6.07) is 11.7. The standard InChI is InChI=1S/C19H17FN2O/c1-11-4-6-15(8-12(11)2)22-19(23)17-9-13(3)21-18-7-5-14(20)10-16(17)18/h4-10H,1-3H3,(H,22,23). The third-order valence-corrected chi connectivity index (χ3v) is 3.91. The Labute approximate surface area is 134 Å². The fourth-order valence-electron chi connectivity index (χ4n) is 2.54. The maximum atomic E-state index is 13.5. The van der Waals surface area contributed by atoms with E-state index >= 15 is 0 Å². The van der Waals surface area contributed by atoms with Gasteiger partial charge in [0.05, 0.1) is 11.1 Å². The first kappa shape index (κ1) is 15.2. The van der Waals surface area contributed by atoms with E-state index < -0.39 is 0 Å². The van der Waals surface area contributed by atoms with Crippen LogP contribution in [0.4, 0.5) is 10.1 Å². The molecule has 0 aliphatic carbocycles. The number of aryl methyl sites for hydroxylation is 3. The van der Waals surface area contributed by atoms with Crippen molar-refractivity contribution in [1.29, 1.82) is 0 Å². The average Bonchev–Trinajstić information content (AvgIpc) is 2.50. The van der Waals surface area contributed by atoms with E-state index in [9.17, 15) is 9.18 Å². The highest BCUT2D eigenvalue weighted by Gasteiger charge is 2.13. The molecule has 0 spiro atoms. The van der Waals surface area contributed by atoms with Crippen molar-refractivity contribution in [1.82, 2.24) is 4.98 Å². The van der Waals surface area contributed by atoms with E-state index in [1.807, 2.05) is 39.0 Å². The summed E-state index contributed by atoms with van der Waals surface area (Å²) in [6.07, 6.45) is 0. The van der Waals surface area contributed by atoms with Gasteiger partial charge in [-0.05, 0) is 68.3 Å². The molecule has 116 valence electrons. The lowest BCUT2D eigenvalue weighted by Crippen LogP contribution is -2.13. The summed E-state index contributed by atoms with van der Waals surface area (Å²) >= 11 is 0. The molecule has 3 nitrogen and oxygen atoms in total. The molecule has 0 bridgehead atoms. The lowest BCUT2D eigenvalue weighted by molar-refractivity contribution is 0.102. The predicted octanol–water partition coefficient (Wildman–Crippen LogP) is 4.55. The summed E-state index contributed by atoms with van der Waals surface area (Å²) in [5.74, 6) is -0.655. The monoisotopic (exact) mass is 308 g/mol. The van der Waals surface area contributed by atoms with E-state index in [0.29, 0.717) is 22.2 Å². The quantitative estimate of drug-likeness (QED) is 0.754. The summed E-state index contributed by atoms with van der Waals surface area (Å²) in [5.41, 5.74) is 4.73. The van der Waals surface area contributed by atoms with Crippen molar-refractivity contribution in [3.63, 3.8) is 0 Å². The van der Waals surface area contributed by atoms with Gasteiger partial charge < -0.3 is 5.32 Å². The lowest BCUT2D eigenvalue weighted by atomic mass is 10.1. The predicted molar refractivity (Wildman–Crippen MR) is 90.3 cm³/mol. The van der Waals surface area contributed by atoms with Crippen LogP contribution in [0.5, 0.6) is 0 Å². The number of amides is 1. The lowest BCUT2D eigenvalue weighted by Gasteiger charge is -2.10. The third-order valence-electron chi connectivity index (χ3n) is 3.91. The molecule has 4 heteroatoms. The normalized spacial score (nSPS) is 10.8. The molecule has 0 atom stereocenters. The Morgan fingerprint density at radius 3 is 2.52 bits per heavy atom. The van der Waals surface area contributed by atoms with Gasteiger partial charge in [-0.25, -0.2) is 4.39 Å². The van der Waals surface area contributed by atoms with Crippen molar-refractivity contribution >= 4 is 22.5 Å². The van der Waals surface area contributed by atoms with Crippen molar-refractivity contribution in [3.05, 3.63) is 70.7 Å². The Kier molecular flexibility index (Phi) is 3.82. The highest BCUT2D eigenvalue weighted by Crippen LogP contribution is 2.22. The second-order valence-corrected chi connectivity index (χ2v) is 5.73. The molecule has 0 fully saturated rings. The van der Waals surface area contributed by atoms with Crippen LogP contribution in [-0.2, 0) is 0 Å². The number of rotatable bonds is 2. The number of pyridine rings is 1. The zero-order valence-corrected chi connectivity index (χ0v) is 13.3. The molecule has 0 saturated carbocycles. The molecular weight excluding hydrogens is 291 g/mol. The van der Waals surface area contributed by atoms with Crippen LogP contribution < -0.4 is 5.32 Å². The molecule has 1 amide bonds. The average molecular weight is 308 g/mol. The third kappa shape index (κ3) is 3.06. The van der Waals surface area contributed by atoms with Crippen molar-refractivity contribution < 1.29 is 9.18 Å². The Balaban J connectivity index is 2.03. The zero-order chi connectivity index (χ0) is 16.6. The van der Waals surface area contributed by atoms with Crippen LogP contribution in [0, 0.1) is 26.6 Å². The van der Waals surface area contributed by atoms with Gasteiger partial charge >= 0.3 is 0 Å².